The first-order valence-corrected chi connectivity index (χ1v) is 12.0. The van der Waals surface area contributed by atoms with Gasteiger partial charge in [0.1, 0.15) is 41.7 Å². The van der Waals surface area contributed by atoms with E-state index in [9.17, 15) is 35.7 Å². The van der Waals surface area contributed by atoms with Crippen molar-refractivity contribution in [2.75, 3.05) is 13.2 Å². The molecule has 7 N–H and O–H groups in total. The van der Waals surface area contributed by atoms with E-state index in [0.717, 1.165) is 5.56 Å². The van der Waals surface area contributed by atoms with E-state index >= 15 is 0 Å². The molecule has 11 heteroatoms. The van der Waals surface area contributed by atoms with E-state index < -0.39 is 62.4 Å². The molecule has 2 saturated heterocycles. The molecule has 8 atom stereocenters. The number of aliphatic hydroxyl groups excluding tert-OH is 6. The largest absolute Gasteiger partial charge is 0.508 e. The van der Waals surface area contributed by atoms with Crippen LogP contribution in [0.1, 0.15) is 24.0 Å². The Morgan fingerprint density at radius 1 is 0.703 bits per heavy atom. The van der Waals surface area contributed by atoms with Crippen molar-refractivity contribution in [3.05, 3.63) is 53.6 Å². The summed E-state index contributed by atoms with van der Waals surface area (Å²) in [5.41, 5.74) is 1.47. The highest BCUT2D eigenvalue weighted by molar-refractivity contribution is 5.71. The van der Waals surface area contributed by atoms with Gasteiger partial charge in [-0.05, 0) is 35.4 Å². The monoisotopic (exact) mass is 520 g/mol. The van der Waals surface area contributed by atoms with E-state index in [2.05, 4.69) is 0 Å². The van der Waals surface area contributed by atoms with Crippen LogP contribution in [0.15, 0.2) is 42.5 Å². The van der Waals surface area contributed by atoms with Gasteiger partial charge in [0.2, 0.25) is 12.6 Å². The van der Waals surface area contributed by atoms with Crippen LogP contribution in [0.5, 0.6) is 17.2 Å². The smallest absolute Gasteiger partial charge is 0.202 e. The minimum atomic E-state index is -1.24. The molecule has 0 radical (unpaired) electrons. The van der Waals surface area contributed by atoms with E-state index in [1.54, 1.807) is 54.6 Å². The Labute approximate surface area is 213 Å². The highest BCUT2D eigenvalue weighted by Crippen LogP contribution is 2.31. The fraction of sp³-hybridized carbons (Fsp3) is 0.462. The molecular weight excluding hydrogens is 488 g/mol. The van der Waals surface area contributed by atoms with Crippen LogP contribution in [-0.4, -0.2) is 98.2 Å². The molecular formula is C26H32O11. The molecule has 202 valence electrons. The van der Waals surface area contributed by atoms with Crippen molar-refractivity contribution in [2.45, 2.75) is 62.0 Å². The molecule has 0 bridgehead atoms. The average molecular weight is 521 g/mol. The zero-order valence-electron chi connectivity index (χ0n) is 19.9. The lowest BCUT2D eigenvalue weighted by Crippen LogP contribution is -2.51. The molecule has 4 rings (SSSR count). The molecule has 2 aliphatic heterocycles. The van der Waals surface area contributed by atoms with Gasteiger partial charge in [0, 0.05) is 18.9 Å². The molecule has 2 aromatic carbocycles. The van der Waals surface area contributed by atoms with Gasteiger partial charge in [-0.1, -0.05) is 24.3 Å². The Morgan fingerprint density at radius 2 is 1.16 bits per heavy atom. The lowest BCUT2D eigenvalue weighted by atomic mass is 10.0. The highest BCUT2D eigenvalue weighted by atomic mass is 16.7. The first-order chi connectivity index (χ1) is 17.7. The van der Waals surface area contributed by atoms with Crippen LogP contribution in [0.3, 0.4) is 0 Å². The van der Waals surface area contributed by atoms with Crippen LogP contribution in [0, 0.1) is 0 Å². The van der Waals surface area contributed by atoms with Gasteiger partial charge in [-0.25, -0.2) is 0 Å². The number of ether oxygens (including phenoxy) is 4. The lowest BCUT2D eigenvalue weighted by molar-refractivity contribution is -0.231. The van der Waals surface area contributed by atoms with Crippen LogP contribution < -0.4 is 9.47 Å². The third kappa shape index (κ3) is 6.98. The van der Waals surface area contributed by atoms with E-state index in [1.165, 1.54) is 0 Å². The number of aromatic hydroxyl groups is 1. The number of hydrogen-bond donors (Lipinski definition) is 7. The number of hydrogen-bond acceptors (Lipinski definition) is 11. The molecule has 0 aliphatic carbocycles. The summed E-state index contributed by atoms with van der Waals surface area (Å²) >= 11 is 0. The number of benzene rings is 2. The summed E-state index contributed by atoms with van der Waals surface area (Å²) in [6, 6.07) is 11.5. The second-order valence-electron chi connectivity index (χ2n) is 9.06. The van der Waals surface area contributed by atoms with E-state index in [4.69, 9.17) is 18.9 Å². The zero-order valence-corrected chi connectivity index (χ0v) is 19.9. The number of phenols is 1. The predicted molar refractivity (Wildman–Crippen MR) is 129 cm³/mol. The Bertz CT molecular complexity index is 991. The van der Waals surface area contributed by atoms with Gasteiger partial charge < -0.3 is 54.7 Å². The Morgan fingerprint density at radius 3 is 1.62 bits per heavy atom. The molecule has 2 aliphatic rings. The number of rotatable bonds is 8. The highest BCUT2D eigenvalue weighted by Gasteiger charge is 2.38. The minimum Gasteiger partial charge on any atom is -0.508 e. The van der Waals surface area contributed by atoms with Crippen LogP contribution >= 0.6 is 0 Å². The van der Waals surface area contributed by atoms with Gasteiger partial charge in [0.25, 0.3) is 0 Å². The summed E-state index contributed by atoms with van der Waals surface area (Å²) < 4.78 is 22.9. The van der Waals surface area contributed by atoms with Crippen LogP contribution in [0.4, 0.5) is 0 Å². The van der Waals surface area contributed by atoms with Gasteiger partial charge in [0.15, 0.2) is 0 Å². The Balaban J connectivity index is 1.57. The van der Waals surface area contributed by atoms with Crippen molar-refractivity contribution in [1.82, 2.24) is 0 Å². The van der Waals surface area contributed by atoms with Crippen molar-refractivity contribution in [1.29, 1.82) is 0 Å². The van der Waals surface area contributed by atoms with Crippen molar-refractivity contribution < 1.29 is 54.7 Å². The van der Waals surface area contributed by atoms with Crippen molar-refractivity contribution in [3.63, 3.8) is 0 Å². The number of phenolic OH excluding ortho intramolecular Hbond substituents is 1. The molecule has 2 aromatic rings. The summed E-state index contributed by atoms with van der Waals surface area (Å²) in [5, 5.41) is 68.5. The molecule has 0 spiro atoms. The van der Waals surface area contributed by atoms with Crippen LogP contribution in [0.25, 0.3) is 12.2 Å². The average Bonchev–Trinajstić information content (AvgIpc) is 2.87. The third-order valence-electron chi connectivity index (χ3n) is 6.23. The maximum Gasteiger partial charge on any atom is 0.202 e. The first kappa shape index (κ1) is 27.3. The topological polar surface area (TPSA) is 179 Å². The summed E-state index contributed by atoms with van der Waals surface area (Å²) in [4.78, 5) is 0. The van der Waals surface area contributed by atoms with Gasteiger partial charge in [-0.2, -0.15) is 0 Å². The zero-order chi connectivity index (χ0) is 26.5. The van der Waals surface area contributed by atoms with Gasteiger partial charge in [-0.3, -0.25) is 0 Å². The van der Waals surface area contributed by atoms with Crippen molar-refractivity contribution >= 4 is 12.2 Å². The second kappa shape index (κ2) is 12.2. The molecule has 37 heavy (non-hydrogen) atoms. The molecule has 2 heterocycles. The molecule has 2 fully saturated rings. The molecule has 0 unspecified atom stereocenters. The Hall–Kier alpha value is -2.74. The Kier molecular flexibility index (Phi) is 9.00. The molecule has 0 amide bonds. The second-order valence-corrected chi connectivity index (χ2v) is 9.06. The van der Waals surface area contributed by atoms with Gasteiger partial charge >= 0.3 is 0 Å². The normalized spacial score (nSPS) is 32.4. The fourth-order valence-electron chi connectivity index (χ4n) is 4.19. The van der Waals surface area contributed by atoms with E-state index in [1.807, 2.05) is 0 Å². The lowest BCUT2D eigenvalue weighted by Gasteiger charge is -2.36. The van der Waals surface area contributed by atoms with Gasteiger partial charge in [0.05, 0.1) is 25.4 Å². The maximum absolute atomic E-state index is 10.1. The van der Waals surface area contributed by atoms with Crippen molar-refractivity contribution in [2.24, 2.45) is 0 Å². The molecule has 11 nitrogen and oxygen atoms in total. The summed E-state index contributed by atoms with van der Waals surface area (Å²) in [6.07, 6.45) is -5.21. The van der Waals surface area contributed by atoms with Gasteiger partial charge in [-0.15, -0.1) is 0 Å². The van der Waals surface area contributed by atoms with Crippen molar-refractivity contribution in [3.8, 4) is 17.2 Å². The SMILES string of the molecule is OC[C@H]1O[C@@H](Oc2cc(/C=C/c3ccc(O)cc3)cc(O[C@H]3C[C@@H](O)[C@H](O)[C@@H](CO)O3)c2)C[C@@H](O)[C@@H]1O. The third-order valence-corrected chi connectivity index (χ3v) is 6.23. The van der Waals surface area contributed by atoms with Crippen LogP contribution in [-0.2, 0) is 9.47 Å². The van der Waals surface area contributed by atoms with E-state index in [0.29, 0.717) is 17.1 Å². The first-order valence-electron chi connectivity index (χ1n) is 12.0. The summed E-state index contributed by atoms with van der Waals surface area (Å²) in [7, 11) is 0. The summed E-state index contributed by atoms with van der Waals surface area (Å²) in [5.74, 6) is 0.733. The standard InChI is InChI=1S/C26H32O11/c27-12-21-25(32)19(30)10-23(36-21)34-17-7-15(2-1-14-3-5-16(29)6-4-14)8-18(9-17)35-24-11-20(31)26(33)22(13-28)37-24/h1-9,19-33H,10-13H2/b2-1+/t19-,20-,21-,22-,23-,24-,25+,26+/m1/s1. The minimum absolute atomic E-state index is 0.0323. The molecule has 0 saturated carbocycles. The quantitative estimate of drug-likeness (QED) is 0.233. The fourth-order valence-corrected chi connectivity index (χ4v) is 4.19. The predicted octanol–water partition coefficient (Wildman–Crippen LogP) is -0.0216. The summed E-state index contributed by atoms with van der Waals surface area (Å²) in [6.45, 7) is -0.998. The van der Waals surface area contributed by atoms with Crippen LogP contribution in [0.2, 0.25) is 0 Å². The maximum atomic E-state index is 10.1. The molecule has 0 aromatic heterocycles. The van der Waals surface area contributed by atoms with E-state index in [-0.39, 0.29) is 18.6 Å². The number of aliphatic hydroxyl groups is 6.